The van der Waals surface area contributed by atoms with Crippen LogP contribution in [0.25, 0.3) is 0 Å². The summed E-state index contributed by atoms with van der Waals surface area (Å²) in [5.74, 6) is -0.0833. The summed E-state index contributed by atoms with van der Waals surface area (Å²) in [6.07, 6.45) is 2.19. The molecule has 0 N–H and O–H groups in total. The summed E-state index contributed by atoms with van der Waals surface area (Å²) < 4.78 is 0. The summed E-state index contributed by atoms with van der Waals surface area (Å²) >= 11 is 0. The molecule has 0 saturated heterocycles. The molecular weight excluding hydrogens is 488 g/mol. The summed E-state index contributed by atoms with van der Waals surface area (Å²) in [7, 11) is 0. The van der Waals surface area contributed by atoms with Gasteiger partial charge in [-0.3, -0.25) is 6.29 Å². The molecule has 0 aromatic rings. The largest absolute Gasteiger partial charge is 0.542 e. The molecule has 0 aromatic heterocycles. The third-order valence-corrected chi connectivity index (χ3v) is 0.144. The van der Waals surface area contributed by atoms with Crippen LogP contribution in [0, 0.1) is 6.92 Å². The van der Waals surface area contributed by atoms with Crippen molar-refractivity contribution in [3.8, 4) is 0 Å². The fourth-order valence-electron chi connectivity index (χ4n) is 0. The standard InChI is InChI=1S/2C3H5O.CH4.2Re/c1-3(2)4;1-2-3-4;;;/h1H2,2H3;2H2,1H3;1H4;;/q2*-1;;;. The Hall–Kier alpha value is 0.535. The predicted molar refractivity (Wildman–Crippen MR) is 38.8 cm³/mol. The Labute approximate surface area is 96.8 Å². The minimum absolute atomic E-state index is 0. The monoisotopic (exact) mass is 504 g/mol. The van der Waals surface area contributed by atoms with Crippen LogP contribution in [-0.4, -0.2) is 12.1 Å². The minimum atomic E-state index is -0.0833. The topological polar surface area (TPSA) is 34.1 Å². The van der Waals surface area contributed by atoms with E-state index in [1.165, 1.54) is 6.92 Å². The Bertz CT molecular complexity index is 70.8. The SMILES string of the molecule is C.CC[C-]=O.[CH2-]C(C)=O.[Re].[Re]. The van der Waals surface area contributed by atoms with Crippen LogP contribution in [0.5, 0.6) is 0 Å². The van der Waals surface area contributed by atoms with E-state index in [9.17, 15) is 4.79 Å². The van der Waals surface area contributed by atoms with Crippen molar-refractivity contribution in [2.45, 2.75) is 27.7 Å². The Morgan fingerprint density at radius 3 is 1.55 bits per heavy atom. The van der Waals surface area contributed by atoms with E-state index in [4.69, 9.17) is 4.79 Å². The van der Waals surface area contributed by atoms with Crippen LogP contribution in [-0.2, 0) is 50.4 Å². The Morgan fingerprint density at radius 1 is 1.45 bits per heavy atom. The zero-order valence-electron chi connectivity index (χ0n) is 5.99. The molecule has 4 heteroatoms. The molecule has 2 nitrogen and oxygen atoms in total. The summed E-state index contributed by atoms with van der Waals surface area (Å²) in [4.78, 5) is 18.4. The van der Waals surface area contributed by atoms with E-state index in [1.807, 2.05) is 0 Å². The van der Waals surface area contributed by atoms with Crippen molar-refractivity contribution in [3.05, 3.63) is 6.92 Å². The third kappa shape index (κ3) is 326. The number of carbonyl (C=O) groups is 1. The molecule has 0 unspecified atom stereocenters. The van der Waals surface area contributed by atoms with E-state index < -0.39 is 0 Å². The van der Waals surface area contributed by atoms with E-state index >= 15 is 0 Å². The summed E-state index contributed by atoms with van der Waals surface area (Å²) in [6, 6.07) is 0. The number of rotatable bonds is 1. The van der Waals surface area contributed by atoms with Gasteiger partial charge in [-0.1, -0.05) is 14.4 Å². The Balaban J connectivity index is -0.0000000171. The molecule has 0 spiro atoms. The smallest absolute Gasteiger partial charge is 0 e. The van der Waals surface area contributed by atoms with Crippen molar-refractivity contribution in [2.75, 3.05) is 0 Å². The first-order valence-electron chi connectivity index (χ1n) is 2.32. The molecule has 0 aliphatic carbocycles. The maximum Gasteiger partial charge on any atom is 0 e. The average Bonchev–Trinajstić information content (AvgIpc) is 1.65. The number of carbonyl (C=O) groups excluding carboxylic acids is 2. The zero-order valence-corrected chi connectivity index (χ0v) is 11.4. The first-order valence-corrected chi connectivity index (χ1v) is 2.32. The van der Waals surface area contributed by atoms with Gasteiger partial charge in [0, 0.05) is 40.8 Å². The number of Topliss-reactive ketones (excluding diaryl/α,β-unsaturated/α-hetero) is 1. The number of hydrogen-bond acceptors (Lipinski definition) is 2. The van der Waals surface area contributed by atoms with Gasteiger partial charge in [-0.05, 0) is 12.7 Å². The molecular formula is C7H14O2Re2-2. The summed E-state index contributed by atoms with van der Waals surface area (Å²) in [5.41, 5.74) is 0. The average molecular weight is 503 g/mol. The molecule has 0 rings (SSSR count). The van der Waals surface area contributed by atoms with Gasteiger partial charge in [-0.2, -0.15) is 6.42 Å². The normalized spacial score (nSPS) is 4.55. The maximum atomic E-state index is 9.33. The van der Waals surface area contributed by atoms with Crippen LogP contribution in [0.1, 0.15) is 27.7 Å². The van der Waals surface area contributed by atoms with Crippen LogP contribution in [0.2, 0.25) is 0 Å². The van der Waals surface area contributed by atoms with Crippen LogP contribution >= 0.6 is 0 Å². The molecule has 0 heterocycles. The molecule has 0 bridgehead atoms. The molecule has 70 valence electrons. The van der Waals surface area contributed by atoms with Gasteiger partial charge in [0.15, 0.2) is 0 Å². The van der Waals surface area contributed by atoms with Gasteiger partial charge in [0.1, 0.15) is 0 Å². The molecule has 0 aromatic carbocycles. The second kappa shape index (κ2) is 31.3. The van der Waals surface area contributed by atoms with Gasteiger partial charge in [0.05, 0.1) is 0 Å². The van der Waals surface area contributed by atoms with Gasteiger partial charge in [-0.15, -0.1) is 0 Å². The first-order chi connectivity index (χ1) is 3.65. The van der Waals surface area contributed by atoms with Crippen LogP contribution in [0.3, 0.4) is 0 Å². The van der Waals surface area contributed by atoms with Crippen molar-refractivity contribution in [3.63, 3.8) is 0 Å². The second-order valence-corrected chi connectivity index (χ2v) is 1.20. The van der Waals surface area contributed by atoms with Gasteiger partial charge >= 0.3 is 0 Å². The third-order valence-electron chi connectivity index (χ3n) is 0.144. The maximum absolute atomic E-state index is 9.33. The molecule has 0 saturated carbocycles. The van der Waals surface area contributed by atoms with Crippen molar-refractivity contribution in [1.82, 2.24) is 0 Å². The number of ketones is 1. The molecule has 11 heavy (non-hydrogen) atoms. The molecule has 0 fully saturated rings. The van der Waals surface area contributed by atoms with Crippen LogP contribution in [0.4, 0.5) is 0 Å². The van der Waals surface area contributed by atoms with Gasteiger partial charge in [0.25, 0.3) is 0 Å². The van der Waals surface area contributed by atoms with Crippen molar-refractivity contribution in [1.29, 1.82) is 0 Å². The summed E-state index contributed by atoms with van der Waals surface area (Å²) in [5, 5.41) is 0. The van der Waals surface area contributed by atoms with Crippen LogP contribution < -0.4 is 0 Å². The summed E-state index contributed by atoms with van der Waals surface area (Å²) in [6.45, 7) is 6.17. The number of hydrogen-bond donors (Lipinski definition) is 0. The van der Waals surface area contributed by atoms with Gasteiger partial charge in [0.2, 0.25) is 0 Å². The fraction of sp³-hybridized carbons (Fsp3) is 0.571. The van der Waals surface area contributed by atoms with E-state index in [2.05, 4.69) is 6.92 Å². The second-order valence-electron chi connectivity index (χ2n) is 1.20. The first kappa shape index (κ1) is 30.0. The predicted octanol–water partition coefficient (Wildman–Crippen LogP) is 1.55. The molecule has 0 atom stereocenters. The molecule has 2 radical (unpaired) electrons. The van der Waals surface area contributed by atoms with Crippen molar-refractivity contribution in [2.24, 2.45) is 0 Å². The van der Waals surface area contributed by atoms with Gasteiger partial charge in [-0.25, -0.2) is 0 Å². The molecule has 0 aliphatic heterocycles. The fourth-order valence-corrected chi connectivity index (χ4v) is 0. The molecule has 0 aliphatic rings. The van der Waals surface area contributed by atoms with E-state index in [0.717, 1.165) is 0 Å². The minimum Gasteiger partial charge on any atom is -0.542 e. The van der Waals surface area contributed by atoms with Gasteiger partial charge < -0.3 is 16.5 Å². The van der Waals surface area contributed by atoms with Crippen LogP contribution in [0.15, 0.2) is 0 Å². The molecule has 0 amide bonds. The van der Waals surface area contributed by atoms with Crippen molar-refractivity contribution < 1.29 is 50.4 Å². The Morgan fingerprint density at radius 2 is 1.55 bits per heavy atom. The van der Waals surface area contributed by atoms with E-state index in [1.54, 1.807) is 13.2 Å². The van der Waals surface area contributed by atoms with E-state index in [0.29, 0.717) is 6.42 Å². The quantitative estimate of drug-likeness (QED) is 0.510. The van der Waals surface area contributed by atoms with Crippen molar-refractivity contribution >= 4 is 12.1 Å². The Kier molecular flexibility index (Phi) is 85.2. The van der Waals surface area contributed by atoms with E-state index in [-0.39, 0.29) is 54.1 Å². The zero-order chi connectivity index (χ0) is 6.99.